The van der Waals surface area contributed by atoms with E-state index < -0.39 is 0 Å². The maximum atomic E-state index is 5.81. The molecule has 5 nitrogen and oxygen atoms in total. The van der Waals surface area contributed by atoms with Crippen LogP contribution in [0.3, 0.4) is 0 Å². The Hall–Kier alpha value is -3.05. The fourth-order valence-electron chi connectivity index (χ4n) is 2.86. The van der Waals surface area contributed by atoms with Crippen molar-refractivity contribution in [3.8, 4) is 11.3 Å². The van der Waals surface area contributed by atoms with Crippen molar-refractivity contribution in [1.29, 1.82) is 0 Å². The molecule has 0 radical (unpaired) electrons. The lowest BCUT2D eigenvalue weighted by atomic mass is 10.1. The Morgan fingerprint density at radius 1 is 1.04 bits per heavy atom. The van der Waals surface area contributed by atoms with E-state index in [9.17, 15) is 0 Å². The van der Waals surface area contributed by atoms with Crippen LogP contribution >= 0.6 is 12.4 Å². The molecule has 0 spiro atoms. The lowest BCUT2D eigenvalue weighted by Gasteiger charge is -2.07. The average Bonchev–Trinajstić information content (AvgIpc) is 2.93. The molecule has 4 rings (SSSR count). The Kier molecular flexibility index (Phi) is 4.59. The van der Waals surface area contributed by atoms with E-state index in [1.54, 1.807) is 6.20 Å². The number of nitrogens with one attached hydrogen (secondary N) is 1. The summed E-state index contributed by atoms with van der Waals surface area (Å²) >= 11 is 0. The summed E-state index contributed by atoms with van der Waals surface area (Å²) in [5, 5.41) is 4.38. The molecular formula is C19H18ClN5. The molecule has 25 heavy (non-hydrogen) atoms. The average molecular weight is 352 g/mol. The molecule has 2 heterocycles. The van der Waals surface area contributed by atoms with Gasteiger partial charge in [0.25, 0.3) is 0 Å². The molecule has 0 saturated heterocycles. The van der Waals surface area contributed by atoms with E-state index in [4.69, 9.17) is 5.73 Å². The molecular weight excluding hydrogens is 334 g/mol. The summed E-state index contributed by atoms with van der Waals surface area (Å²) in [5.74, 6) is 0.547. The molecule has 0 saturated carbocycles. The summed E-state index contributed by atoms with van der Waals surface area (Å²) in [6, 6.07) is 17.7. The number of anilines is 3. The van der Waals surface area contributed by atoms with Gasteiger partial charge in [-0.2, -0.15) is 0 Å². The number of hydrogen-bond acceptors (Lipinski definition) is 4. The number of aryl methyl sites for hydroxylation is 1. The van der Waals surface area contributed by atoms with Crippen LogP contribution in [-0.2, 0) is 7.05 Å². The summed E-state index contributed by atoms with van der Waals surface area (Å²) in [5.41, 5.74) is 10.5. The maximum Gasteiger partial charge on any atom is 0.227 e. The molecule has 3 N–H and O–H groups in total. The monoisotopic (exact) mass is 351 g/mol. The molecule has 0 bridgehead atoms. The van der Waals surface area contributed by atoms with E-state index in [1.807, 2.05) is 49.5 Å². The van der Waals surface area contributed by atoms with Gasteiger partial charge < -0.3 is 15.6 Å². The number of halogens is 1. The summed E-state index contributed by atoms with van der Waals surface area (Å²) in [4.78, 5) is 8.96. The van der Waals surface area contributed by atoms with Crippen molar-refractivity contribution in [3.05, 3.63) is 67.0 Å². The van der Waals surface area contributed by atoms with E-state index in [1.165, 1.54) is 10.9 Å². The van der Waals surface area contributed by atoms with Gasteiger partial charge in [0.05, 0.1) is 5.69 Å². The molecule has 2 aromatic heterocycles. The minimum Gasteiger partial charge on any atom is -0.399 e. The van der Waals surface area contributed by atoms with Crippen LogP contribution in [0.15, 0.2) is 67.0 Å². The highest BCUT2D eigenvalue weighted by atomic mass is 35.5. The molecule has 4 aromatic rings. The standard InChI is InChI=1S/C19H17N5.ClH/c1-24-12-16(15-7-2-3-8-18(15)24)17-9-10-21-19(23-17)22-14-6-4-5-13(20)11-14;/h2-12H,20H2,1H3,(H,21,22,23);1H. The Labute approximate surface area is 151 Å². The second-order valence-electron chi connectivity index (χ2n) is 5.69. The minimum atomic E-state index is 0. The fraction of sp³-hybridized carbons (Fsp3) is 0.0526. The maximum absolute atomic E-state index is 5.81. The lowest BCUT2D eigenvalue weighted by molar-refractivity contribution is 0.969. The molecule has 6 heteroatoms. The highest BCUT2D eigenvalue weighted by molar-refractivity contribution is 5.95. The summed E-state index contributed by atoms with van der Waals surface area (Å²) in [7, 11) is 2.04. The first-order chi connectivity index (χ1) is 11.7. The second-order valence-corrected chi connectivity index (χ2v) is 5.69. The summed E-state index contributed by atoms with van der Waals surface area (Å²) in [6.07, 6.45) is 3.86. The van der Waals surface area contributed by atoms with Crippen LogP contribution in [0.5, 0.6) is 0 Å². The van der Waals surface area contributed by atoms with E-state index >= 15 is 0 Å². The smallest absolute Gasteiger partial charge is 0.227 e. The van der Waals surface area contributed by atoms with Gasteiger partial charge in [-0.3, -0.25) is 0 Å². The van der Waals surface area contributed by atoms with E-state index in [0.717, 1.165) is 16.9 Å². The topological polar surface area (TPSA) is 68.8 Å². The van der Waals surface area contributed by atoms with Crippen LogP contribution in [-0.4, -0.2) is 14.5 Å². The second kappa shape index (κ2) is 6.83. The van der Waals surface area contributed by atoms with Gasteiger partial charge in [0.1, 0.15) is 0 Å². The van der Waals surface area contributed by atoms with Gasteiger partial charge in [-0.1, -0.05) is 24.3 Å². The Morgan fingerprint density at radius 3 is 2.72 bits per heavy atom. The number of para-hydroxylation sites is 1. The molecule has 0 fully saturated rings. The van der Waals surface area contributed by atoms with E-state index in [-0.39, 0.29) is 12.4 Å². The van der Waals surface area contributed by atoms with Crippen molar-refractivity contribution >= 4 is 40.6 Å². The SMILES string of the molecule is Cl.Cn1cc(-c2ccnc(Nc3cccc(N)c3)n2)c2ccccc21. The lowest BCUT2D eigenvalue weighted by Crippen LogP contribution is -1.98. The fourth-order valence-corrected chi connectivity index (χ4v) is 2.86. The van der Waals surface area contributed by atoms with Crippen molar-refractivity contribution in [3.63, 3.8) is 0 Å². The number of nitrogen functional groups attached to an aromatic ring is 1. The molecule has 126 valence electrons. The zero-order chi connectivity index (χ0) is 16.5. The third-order valence-corrected chi connectivity index (χ3v) is 3.97. The first kappa shape index (κ1) is 16.8. The van der Waals surface area contributed by atoms with Gasteiger partial charge >= 0.3 is 0 Å². The van der Waals surface area contributed by atoms with Crippen molar-refractivity contribution in [2.24, 2.45) is 7.05 Å². The number of fused-ring (bicyclic) bond motifs is 1. The highest BCUT2D eigenvalue weighted by Gasteiger charge is 2.10. The van der Waals surface area contributed by atoms with E-state index in [2.05, 4.69) is 38.2 Å². The molecule has 0 atom stereocenters. The molecule has 0 aliphatic heterocycles. The van der Waals surface area contributed by atoms with Gasteiger partial charge in [-0.05, 0) is 30.3 Å². The number of hydrogen-bond donors (Lipinski definition) is 2. The van der Waals surface area contributed by atoms with Crippen LogP contribution in [0.2, 0.25) is 0 Å². The zero-order valence-corrected chi connectivity index (χ0v) is 14.5. The first-order valence-corrected chi connectivity index (χ1v) is 7.71. The number of rotatable bonds is 3. The third-order valence-electron chi connectivity index (χ3n) is 3.97. The Balaban J connectivity index is 0.00000182. The number of benzene rings is 2. The predicted molar refractivity (Wildman–Crippen MR) is 105 cm³/mol. The van der Waals surface area contributed by atoms with Crippen LogP contribution in [0.25, 0.3) is 22.2 Å². The number of nitrogens with two attached hydrogens (primary N) is 1. The Morgan fingerprint density at radius 2 is 1.88 bits per heavy atom. The Bertz CT molecular complexity index is 1030. The normalized spacial score (nSPS) is 10.4. The number of aromatic nitrogens is 3. The number of nitrogens with zero attached hydrogens (tertiary/aromatic N) is 3. The van der Waals surface area contributed by atoms with Crippen molar-refractivity contribution < 1.29 is 0 Å². The van der Waals surface area contributed by atoms with Crippen LogP contribution in [0, 0.1) is 0 Å². The summed E-state index contributed by atoms with van der Waals surface area (Å²) < 4.78 is 2.11. The van der Waals surface area contributed by atoms with Crippen LogP contribution in [0.4, 0.5) is 17.3 Å². The largest absolute Gasteiger partial charge is 0.399 e. The van der Waals surface area contributed by atoms with Crippen LogP contribution in [0.1, 0.15) is 0 Å². The van der Waals surface area contributed by atoms with Gasteiger partial charge in [-0.15, -0.1) is 12.4 Å². The third kappa shape index (κ3) is 3.27. The minimum absolute atomic E-state index is 0. The molecule has 0 aliphatic carbocycles. The molecule has 0 amide bonds. The van der Waals surface area contributed by atoms with Crippen molar-refractivity contribution in [2.45, 2.75) is 0 Å². The quantitative estimate of drug-likeness (QED) is 0.537. The van der Waals surface area contributed by atoms with Gasteiger partial charge in [-0.25, -0.2) is 9.97 Å². The van der Waals surface area contributed by atoms with Crippen molar-refractivity contribution in [2.75, 3.05) is 11.1 Å². The molecule has 0 unspecified atom stereocenters. The zero-order valence-electron chi connectivity index (χ0n) is 13.7. The van der Waals surface area contributed by atoms with E-state index in [0.29, 0.717) is 11.6 Å². The van der Waals surface area contributed by atoms with Gasteiger partial charge in [0.15, 0.2) is 0 Å². The van der Waals surface area contributed by atoms with Gasteiger partial charge in [0, 0.05) is 47.3 Å². The highest BCUT2D eigenvalue weighted by Crippen LogP contribution is 2.29. The molecule has 2 aromatic carbocycles. The van der Waals surface area contributed by atoms with Crippen LogP contribution < -0.4 is 11.1 Å². The van der Waals surface area contributed by atoms with Crippen molar-refractivity contribution in [1.82, 2.24) is 14.5 Å². The van der Waals surface area contributed by atoms with Gasteiger partial charge in [0.2, 0.25) is 5.95 Å². The predicted octanol–water partition coefficient (Wildman–Crippen LogP) is 4.38. The summed E-state index contributed by atoms with van der Waals surface area (Å²) in [6.45, 7) is 0. The first-order valence-electron chi connectivity index (χ1n) is 7.71. The molecule has 0 aliphatic rings.